The molecule has 0 aromatic heterocycles. The Morgan fingerprint density at radius 1 is 1.28 bits per heavy atom. The predicted molar refractivity (Wildman–Crippen MR) is 96.1 cm³/mol. The molecule has 1 aliphatic rings. The Hall–Kier alpha value is -2.04. The van der Waals surface area contributed by atoms with Crippen LogP contribution in [0.4, 0.5) is 4.79 Å². The van der Waals surface area contributed by atoms with Crippen LogP contribution in [-0.2, 0) is 16.1 Å². The van der Waals surface area contributed by atoms with Crippen molar-refractivity contribution in [1.29, 1.82) is 0 Å². The van der Waals surface area contributed by atoms with E-state index in [1.807, 2.05) is 51.1 Å². The van der Waals surface area contributed by atoms with Crippen molar-refractivity contribution >= 4 is 12.1 Å². The molecule has 1 aromatic rings. The molecule has 0 saturated heterocycles. The van der Waals surface area contributed by atoms with Crippen LogP contribution in [0.3, 0.4) is 0 Å². The van der Waals surface area contributed by atoms with Crippen molar-refractivity contribution in [3.63, 3.8) is 0 Å². The molecule has 0 bridgehead atoms. The van der Waals surface area contributed by atoms with Crippen LogP contribution in [0.25, 0.3) is 0 Å². The number of nitrogens with zero attached hydrogens (tertiary/aromatic N) is 1. The van der Waals surface area contributed by atoms with Crippen molar-refractivity contribution in [3.05, 3.63) is 35.9 Å². The third-order valence-corrected chi connectivity index (χ3v) is 5.14. The maximum absolute atomic E-state index is 12.9. The van der Waals surface area contributed by atoms with Crippen molar-refractivity contribution in [3.8, 4) is 0 Å². The first kappa shape index (κ1) is 19.3. The number of ether oxygens (including phenoxy) is 1. The Bertz CT molecular complexity index is 626. The lowest BCUT2D eigenvalue weighted by molar-refractivity contribution is -0.155. The minimum atomic E-state index is -1.23. The molecule has 2 unspecified atom stereocenters. The summed E-state index contributed by atoms with van der Waals surface area (Å²) < 4.78 is 5.48. The molecule has 1 aliphatic carbocycles. The molecule has 5 nitrogen and oxygen atoms in total. The molecule has 25 heavy (non-hydrogen) atoms. The minimum Gasteiger partial charge on any atom is -0.479 e. The van der Waals surface area contributed by atoms with Gasteiger partial charge >= 0.3 is 12.1 Å². The van der Waals surface area contributed by atoms with Crippen molar-refractivity contribution in [2.45, 2.75) is 65.6 Å². The fourth-order valence-corrected chi connectivity index (χ4v) is 4.31. The fraction of sp³-hybridized carbons (Fsp3) is 0.600. The van der Waals surface area contributed by atoms with Gasteiger partial charge in [0.15, 0.2) is 0 Å². The maximum atomic E-state index is 12.9. The highest BCUT2D eigenvalue weighted by molar-refractivity contribution is 5.85. The van der Waals surface area contributed by atoms with Crippen LogP contribution in [0.15, 0.2) is 30.3 Å². The number of carbonyl (C=O) groups excluding carboxylic acids is 1. The van der Waals surface area contributed by atoms with Crippen LogP contribution in [0.2, 0.25) is 0 Å². The summed E-state index contributed by atoms with van der Waals surface area (Å²) >= 11 is 0. The summed E-state index contributed by atoms with van der Waals surface area (Å²) in [7, 11) is 0. The van der Waals surface area contributed by atoms with Crippen molar-refractivity contribution in [2.75, 3.05) is 0 Å². The van der Waals surface area contributed by atoms with Crippen LogP contribution < -0.4 is 0 Å². The van der Waals surface area contributed by atoms with Gasteiger partial charge in [-0.25, -0.2) is 9.59 Å². The standard InChI is InChI=1S/C20H29NO4/c1-14(2)21(18(24)25-12-16-9-7-6-8-10-16)20(17(22)23)13-19(4,5)11-15(20)3/h6-10,14-15H,11-13H2,1-5H3,(H,22,23). The monoisotopic (exact) mass is 347 g/mol. The number of hydrogen-bond acceptors (Lipinski definition) is 3. The fourth-order valence-electron chi connectivity index (χ4n) is 4.31. The first-order chi connectivity index (χ1) is 11.6. The van der Waals surface area contributed by atoms with Gasteiger partial charge in [-0.2, -0.15) is 0 Å². The summed E-state index contributed by atoms with van der Waals surface area (Å²) in [6.45, 7) is 9.85. The van der Waals surface area contributed by atoms with Gasteiger partial charge in [0.25, 0.3) is 0 Å². The van der Waals surface area contributed by atoms with E-state index in [4.69, 9.17) is 4.74 Å². The van der Waals surface area contributed by atoms with Crippen LogP contribution in [0.5, 0.6) is 0 Å². The summed E-state index contributed by atoms with van der Waals surface area (Å²) in [6.07, 6.45) is 0.620. The van der Waals surface area contributed by atoms with Crippen molar-refractivity contribution in [1.82, 2.24) is 4.90 Å². The van der Waals surface area contributed by atoms with Crippen molar-refractivity contribution < 1.29 is 19.4 Å². The number of hydrogen-bond donors (Lipinski definition) is 1. The third-order valence-electron chi connectivity index (χ3n) is 5.14. The summed E-state index contributed by atoms with van der Waals surface area (Å²) in [5.41, 5.74) is -0.487. The highest BCUT2D eigenvalue weighted by Gasteiger charge is 2.59. The van der Waals surface area contributed by atoms with Crippen LogP contribution in [-0.4, -0.2) is 33.6 Å². The second-order valence-corrected chi connectivity index (χ2v) is 8.18. The second-order valence-electron chi connectivity index (χ2n) is 8.18. The van der Waals surface area contributed by atoms with Gasteiger partial charge in [-0.05, 0) is 43.6 Å². The number of carboxylic acids is 1. The second kappa shape index (κ2) is 7.06. The number of carbonyl (C=O) groups is 2. The van der Waals surface area contributed by atoms with E-state index in [0.29, 0.717) is 6.42 Å². The average Bonchev–Trinajstić information content (AvgIpc) is 2.76. The molecule has 0 aliphatic heterocycles. The molecule has 0 heterocycles. The van der Waals surface area contributed by atoms with Crippen LogP contribution in [0, 0.1) is 11.3 Å². The molecule has 0 radical (unpaired) electrons. The lowest BCUT2D eigenvalue weighted by Gasteiger charge is -2.43. The van der Waals surface area contributed by atoms with E-state index in [9.17, 15) is 14.7 Å². The normalized spacial score (nSPS) is 25.0. The molecular formula is C20H29NO4. The summed E-state index contributed by atoms with van der Waals surface area (Å²) in [6, 6.07) is 9.14. The Balaban J connectivity index is 2.28. The lowest BCUT2D eigenvalue weighted by Crippen LogP contribution is -2.61. The highest BCUT2D eigenvalue weighted by Crippen LogP contribution is 2.51. The number of rotatable bonds is 5. The Labute approximate surface area is 150 Å². The predicted octanol–water partition coefficient (Wildman–Crippen LogP) is 4.31. The minimum absolute atomic E-state index is 0.134. The van der Waals surface area contributed by atoms with Gasteiger partial charge < -0.3 is 9.84 Å². The molecule has 138 valence electrons. The topological polar surface area (TPSA) is 66.8 Å². The van der Waals surface area contributed by atoms with Gasteiger partial charge in [0.05, 0.1) is 0 Å². The summed E-state index contributed by atoms with van der Waals surface area (Å²) in [5.74, 6) is -1.09. The Morgan fingerprint density at radius 2 is 1.88 bits per heavy atom. The Kier molecular flexibility index (Phi) is 5.45. The molecule has 1 amide bonds. The first-order valence-electron chi connectivity index (χ1n) is 8.83. The zero-order valence-corrected chi connectivity index (χ0v) is 15.8. The molecule has 1 N–H and O–H groups in total. The molecule has 2 atom stereocenters. The molecule has 0 spiro atoms. The first-order valence-corrected chi connectivity index (χ1v) is 8.83. The molecule has 1 saturated carbocycles. The highest BCUT2D eigenvalue weighted by atomic mass is 16.6. The summed E-state index contributed by atoms with van der Waals surface area (Å²) in [4.78, 5) is 26.6. The van der Waals surface area contributed by atoms with Crippen molar-refractivity contribution in [2.24, 2.45) is 11.3 Å². The maximum Gasteiger partial charge on any atom is 0.411 e. The van der Waals surface area contributed by atoms with Crippen LogP contribution in [0.1, 0.15) is 53.0 Å². The Morgan fingerprint density at radius 3 is 2.32 bits per heavy atom. The number of carboxylic acid groups (broad SMARTS) is 1. The van der Waals surface area contributed by atoms with E-state index >= 15 is 0 Å². The quantitative estimate of drug-likeness (QED) is 0.862. The molecule has 1 fully saturated rings. The van der Waals surface area contributed by atoms with Gasteiger partial charge in [0, 0.05) is 6.04 Å². The molecule has 2 rings (SSSR count). The van der Waals surface area contributed by atoms with E-state index < -0.39 is 17.6 Å². The van der Waals surface area contributed by atoms with Gasteiger partial charge in [-0.1, -0.05) is 51.1 Å². The zero-order chi connectivity index (χ0) is 18.8. The molecule has 5 heteroatoms. The molecule has 1 aromatic carbocycles. The SMILES string of the molecule is CC(C)N(C(=O)OCc1ccccc1)C1(C(=O)O)CC(C)(C)CC1C. The van der Waals surface area contributed by atoms with Gasteiger partial charge in [0.2, 0.25) is 0 Å². The number of amides is 1. The largest absolute Gasteiger partial charge is 0.479 e. The van der Waals surface area contributed by atoms with E-state index in [0.717, 1.165) is 12.0 Å². The van der Waals surface area contributed by atoms with Gasteiger partial charge in [0.1, 0.15) is 12.1 Å². The lowest BCUT2D eigenvalue weighted by atomic mass is 9.84. The third kappa shape index (κ3) is 3.80. The van der Waals surface area contributed by atoms with Gasteiger partial charge in [-0.3, -0.25) is 4.90 Å². The van der Waals surface area contributed by atoms with E-state index in [-0.39, 0.29) is 24.0 Å². The number of aliphatic carboxylic acids is 1. The van der Waals surface area contributed by atoms with E-state index in [2.05, 4.69) is 13.8 Å². The van der Waals surface area contributed by atoms with Gasteiger partial charge in [-0.15, -0.1) is 0 Å². The van der Waals surface area contributed by atoms with E-state index in [1.165, 1.54) is 4.90 Å². The zero-order valence-electron chi connectivity index (χ0n) is 15.8. The smallest absolute Gasteiger partial charge is 0.411 e. The van der Waals surface area contributed by atoms with Crippen LogP contribution >= 0.6 is 0 Å². The average molecular weight is 347 g/mol. The molecular weight excluding hydrogens is 318 g/mol. The van der Waals surface area contributed by atoms with E-state index in [1.54, 1.807) is 0 Å². The number of benzene rings is 1. The summed E-state index contributed by atoms with van der Waals surface area (Å²) in [5, 5.41) is 10.1.